The SMILES string of the molecule is Cc1cnc([C@H]2CCN(Cc3nccn3C(C)C)C2)[nH]1. The summed E-state index contributed by atoms with van der Waals surface area (Å²) in [5.41, 5.74) is 1.15. The van der Waals surface area contributed by atoms with Crippen LogP contribution in [0.2, 0.25) is 0 Å². The minimum absolute atomic E-state index is 0.471. The molecule has 1 saturated heterocycles. The maximum Gasteiger partial charge on any atom is 0.123 e. The minimum atomic E-state index is 0.471. The number of likely N-dealkylation sites (tertiary alicyclic amines) is 1. The number of nitrogens with zero attached hydrogens (tertiary/aromatic N) is 4. The Morgan fingerprint density at radius 1 is 1.40 bits per heavy atom. The van der Waals surface area contributed by atoms with E-state index in [4.69, 9.17) is 0 Å². The number of hydrogen-bond donors (Lipinski definition) is 1. The topological polar surface area (TPSA) is 49.7 Å². The van der Waals surface area contributed by atoms with Crippen LogP contribution < -0.4 is 0 Å². The molecule has 1 N–H and O–H groups in total. The Labute approximate surface area is 120 Å². The molecule has 0 aliphatic carbocycles. The lowest BCUT2D eigenvalue weighted by Crippen LogP contribution is -2.22. The van der Waals surface area contributed by atoms with Gasteiger partial charge in [0, 0.05) is 42.8 Å². The lowest BCUT2D eigenvalue weighted by molar-refractivity contribution is 0.308. The monoisotopic (exact) mass is 273 g/mol. The van der Waals surface area contributed by atoms with Gasteiger partial charge >= 0.3 is 0 Å². The summed E-state index contributed by atoms with van der Waals surface area (Å²) in [6, 6.07) is 0.471. The van der Waals surface area contributed by atoms with Crippen LogP contribution in [0.25, 0.3) is 0 Å². The molecule has 1 fully saturated rings. The summed E-state index contributed by atoms with van der Waals surface area (Å²) in [4.78, 5) is 14.8. The van der Waals surface area contributed by atoms with Crippen LogP contribution in [-0.2, 0) is 6.54 Å². The van der Waals surface area contributed by atoms with Crippen molar-refractivity contribution in [3.63, 3.8) is 0 Å². The van der Waals surface area contributed by atoms with Crippen molar-refractivity contribution < 1.29 is 0 Å². The molecule has 1 aliphatic heterocycles. The van der Waals surface area contributed by atoms with Crippen molar-refractivity contribution in [2.45, 2.75) is 45.7 Å². The second-order valence-corrected chi connectivity index (χ2v) is 6.02. The molecule has 3 rings (SSSR count). The first-order valence-corrected chi connectivity index (χ1v) is 7.39. The molecule has 20 heavy (non-hydrogen) atoms. The number of rotatable bonds is 4. The first-order chi connectivity index (χ1) is 9.63. The van der Waals surface area contributed by atoms with E-state index in [-0.39, 0.29) is 0 Å². The Bertz CT molecular complexity index is 568. The zero-order chi connectivity index (χ0) is 14.1. The van der Waals surface area contributed by atoms with E-state index in [0.717, 1.165) is 37.0 Å². The van der Waals surface area contributed by atoms with Crippen LogP contribution in [-0.4, -0.2) is 37.5 Å². The molecule has 0 radical (unpaired) electrons. The summed E-state index contributed by atoms with van der Waals surface area (Å²) in [5, 5.41) is 0. The normalized spacial score (nSPS) is 20.1. The van der Waals surface area contributed by atoms with Crippen LogP contribution in [0.5, 0.6) is 0 Å². The summed E-state index contributed by atoms with van der Waals surface area (Å²) >= 11 is 0. The highest BCUT2D eigenvalue weighted by atomic mass is 15.2. The fourth-order valence-electron chi connectivity index (χ4n) is 2.98. The van der Waals surface area contributed by atoms with Gasteiger partial charge in [-0.1, -0.05) is 0 Å². The van der Waals surface area contributed by atoms with Crippen LogP contribution in [0.3, 0.4) is 0 Å². The van der Waals surface area contributed by atoms with Crippen molar-refractivity contribution in [2.24, 2.45) is 0 Å². The summed E-state index contributed by atoms with van der Waals surface area (Å²) in [6.45, 7) is 9.57. The Kier molecular flexibility index (Phi) is 3.61. The van der Waals surface area contributed by atoms with Crippen LogP contribution in [0.15, 0.2) is 18.6 Å². The molecular weight excluding hydrogens is 250 g/mol. The van der Waals surface area contributed by atoms with Gasteiger partial charge in [0.25, 0.3) is 0 Å². The number of hydrogen-bond acceptors (Lipinski definition) is 3. The van der Waals surface area contributed by atoms with Crippen LogP contribution in [0.1, 0.15) is 49.6 Å². The number of nitrogens with one attached hydrogen (secondary N) is 1. The molecule has 1 atom stereocenters. The molecule has 3 heterocycles. The summed E-state index contributed by atoms with van der Waals surface area (Å²) in [6.07, 6.45) is 7.07. The molecular formula is C15H23N5. The van der Waals surface area contributed by atoms with Gasteiger partial charge in [0.15, 0.2) is 0 Å². The minimum Gasteiger partial charge on any atom is -0.346 e. The van der Waals surface area contributed by atoms with E-state index < -0.39 is 0 Å². The van der Waals surface area contributed by atoms with Crippen LogP contribution in [0.4, 0.5) is 0 Å². The van der Waals surface area contributed by atoms with Gasteiger partial charge in [0.1, 0.15) is 11.6 Å². The Balaban J connectivity index is 1.64. The van der Waals surface area contributed by atoms with Gasteiger partial charge < -0.3 is 9.55 Å². The van der Waals surface area contributed by atoms with Gasteiger partial charge in [-0.15, -0.1) is 0 Å². The number of H-pyrrole nitrogens is 1. The molecule has 2 aromatic rings. The maximum atomic E-state index is 4.50. The van der Waals surface area contributed by atoms with E-state index in [1.54, 1.807) is 0 Å². The van der Waals surface area contributed by atoms with E-state index in [1.807, 2.05) is 12.4 Å². The van der Waals surface area contributed by atoms with E-state index >= 15 is 0 Å². The van der Waals surface area contributed by atoms with Crippen molar-refractivity contribution >= 4 is 0 Å². The number of imidazole rings is 2. The first kappa shape index (κ1) is 13.4. The molecule has 0 saturated carbocycles. The standard InChI is InChI=1S/C15H23N5/c1-11(2)20-7-5-16-14(20)10-19-6-4-13(9-19)15-17-8-12(3)18-15/h5,7-8,11,13H,4,6,9-10H2,1-3H3,(H,17,18)/t13-/m0/s1. The van der Waals surface area contributed by atoms with Gasteiger partial charge in [-0.05, 0) is 33.7 Å². The number of aryl methyl sites for hydroxylation is 1. The quantitative estimate of drug-likeness (QED) is 0.931. The molecule has 2 aromatic heterocycles. The molecule has 0 amide bonds. The molecule has 1 aliphatic rings. The summed E-state index contributed by atoms with van der Waals surface area (Å²) in [5.74, 6) is 2.83. The lowest BCUT2D eigenvalue weighted by Gasteiger charge is -2.18. The van der Waals surface area contributed by atoms with E-state index in [2.05, 4.69) is 51.4 Å². The molecule has 108 valence electrons. The molecule has 0 spiro atoms. The number of aromatic amines is 1. The molecule has 5 nitrogen and oxygen atoms in total. The predicted molar refractivity (Wildman–Crippen MR) is 78.6 cm³/mol. The van der Waals surface area contributed by atoms with E-state index in [1.165, 1.54) is 6.42 Å². The van der Waals surface area contributed by atoms with Gasteiger partial charge in [-0.3, -0.25) is 4.90 Å². The zero-order valence-electron chi connectivity index (χ0n) is 12.5. The zero-order valence-corrected chi connectivity index (χ0v) is 12.5. The van der Waals surface area contributed by atoms with Gasteiger partial charge in [0.05, 0.1) is 6.54 Å². The fourth-order valence-corrected chi connectivity index (χ4v) is 2.98. The number of aromatic nitrogens is 4. The Morgan fingerprint density at radius 3 is 2.95 bits per heavy atom. The van der Waals surface area contributed by atoms with Crippen molar-refractivity contribution in [1.82, 2.24) is 24.4 Å². The molecule has 0 unspecified atom stereocenters. The molecule has 0 bridgehead atoms. The highest BCUT2D eigenvalue weighted by Crippen LogP contribution is 2.26. The molecule has 0 aromatic carbocycles. The Morgan fingerprint density at radius 2 is 2.25 bits per heavy atom. The highest BCUT2D eigenvalue weighted by molar-refractivity contribution is 5.07. The second kappa shape index (κ2) is 5.40. The summed E-state index contributed by atoms with van der Waals surface area (Å²) in [7, 11) is 0. The fraction of sp³-hybridized carbons (Fsp3) is 0.600. The van der Waals surface area contributed by atoms with Crippen molar-refractivity contribution in [3.8, 4) is 0 Å². The third kappa shape index (κ3) is 2.63. The van der Waals surface area contributed by atoms with Gasteiger partial charge in [-0.25, -0.2) is 9.97 Å². The van der Waals surface area contributed by atoms with Crippen LogP contribution in [0, 0.1) is 6.92 Å². The first-order valence-electron chi connectivity index (χ1n) is 7.39. The average Bonchev–Trinajstić information content (AvgIpc) is 3.09. The van der Waals surface area contributed by atoms with Crippen LogP contribution >= 0.6 is 0 Å². The van der Waals surface area contributed by atoms with Crippen molar-refractivity contribution in [1.29, 1.82) is 0 Å². The highest BCUT2D eigenvalue weighted by Gasteiger charge is 2.26. The van der Waals surface area contributed by atoms with Gasteiger partial charge in [0.2, 0.25) is 0 Å². The largest absolute Gasteiger partial charge is 0.346 e. The third-order valence-corrected chi connectivity index (χ3v) is 4.05. The third-order valence-electron chi connectivity index (χ3n) is 4.05. The maximum absolute atomic E-state index is 4.50. The van der Waals surface area contributed by atoms with Crippen molar-refractivity contribution in [2.75, 3.05) is 13.1 Å². The van der Waals surface area contributed by atoms with Gasteiger partial charge in [-0.2, -0.15) is 0 Å². The summed E-state index contributed by atoms with van der Waals surface area (Å²) < 4.78 is 2.25. The molecule has 5 heteroatoms. The van der Waals surface area contributed by atoms with Crippen molar-refractivity contribution in [3.05, 3.63) is 35.9 Å². The lowest BCUT2D eigenvalue weighted by atomic mass is 10.1. The van der Waals surface area contributed by atoms with E-state index in [0.29, 0.717) is 12.0 Å². The Hall–Kier alpha value is -1.62. The van der Waals surface area contributed by atoms with E-state index in [9.17, 15) is 0 Å². The average molecular weight is 273 g/mol. The predicted octanol–water partition coefficient (Wildman–Crippen LogP) is 2.49. The smallest absolute Gasteiger partial charge is 0.123 e. The second-order valence-electron chi connectivity index (χ2n) is 6.02.